The van der Waals surface area contributed by atoms with E-state index in [1.54, 1.807) is 14.2 Å². The quantitative estimate of drug-likeness (QED) is 0.496. The van der Waals surface area contributed by atoms with Crippen LogP contribution >= 0.6 is 0 Å². The van der Waals surface area contributed by atoms with Crippen molar-refractivity contribution in [2.45, 2.75) is 77.4 Å². The van der Waals surface area contributed by atoms with E-state index in [1.165, 1.54) is 44.9 Å². The van der Waals surface area contributed by atoms with Gasteiger partial charge in [0.2, 0.25) is 0 Å². The highest BCUT2D eigenvalue weighted by atomic mass is 16.5. The van der Waals surface area contributed by atoms with Gasteiger partial charge >= 0.3 is 0 Å². The third-order valence-corrected chi connectivity index (χ3v) is 3.29. The van der Waals surface area contributed by atoms with Crippen molar-refractivity contribution in [1.82, 2.24) is 0 Å². The van der Waals surface area contributed by atoms with Crippen molar-refractivity contribution >= 4 is 0 Å². The SMILES string of the molecule is CCCCCCCCCC(OC)C(C)OC. The molecule has 2 heteroatoms. The number of rotatable bonds is 11. The first kappa shape index (κ1) is 15.9. The summed E-state index contributed by atoms with van der Waals surface area (Å²) in [6.45, 7) is 4.34. The zero-order valence-electron chi connectivity index (χ0n) is 11.6. The van der Waals surface area contributed by atoms with Crippen LogP contribution in [0.15, 0.2) is 0 Å². The van der Waals surface area contributed by atoms with Crippen molar-refractivity contribution in [3.8, 4) is 0 Å². The van der Waals surface area contributed by atoms with Gasteiger partial charge in [-0.05, 0) is 13.3 Å². The lowest BCUT2D eigenvalue weighted by Crippen LogP contribution is -2.26. The summed E-state index contributed by atoms with van der Waals surface area (Å²) in [6, 6.07) is 0. The maximum Gasteiger partial charge on any atom is 0.0830 e. The van der Waals surface area contributed by atoms with Crippen LogP contribution in [0.2, 0.25) is 0 Å². The normalized spacial score (nSPS) is 15.0. The van der Waals surface area contributed by atoms with Gasteiger partial charge in [-0.25, -0.2) is 0 Å². The average molecular weight is 230 g/mol. The van der Waals surface area contributed by atoms with Crippen molar-refractivity contribution < 1.29 is 9.47 Å². The molecule has 2 nitrogen and oxygen atoms in total. The molecule has 0 saturated carbocycles. The maximum atomic E-state index is 5.42. The molecule has 0 heterocycles. The minimum atomic E-state index is 0.213. The van der Waals surface area contributed by atoms with Crippen LogP contribution in [-0.2, 0) is 9.47 Å². The minimum Gasteiger partial charge on any atom is -0.379 e. The zero-order chi connectivity index (χ0) is 12.2. The first-order chi connectivity index (χ1) is 7.76. The molecule has 0 saturated heterocycles. The smallest absolute Gasteiger partial charge is 0.0830 e. The van der Waals surface area contributed by atoms with Gasteiger partial charge in [0.15, 0.2) is 0 Å². The summed E-state index contributed by atoms with van der Waals surface area (Å²) in [4.78, 5) is 0. The molecule has 0 rings (SSSR count). The highest BCUT2D eigenvalue weighted by molar-refractivity contribution is 4.65. The topological polar surface area (TPSA) is 18.5 Å². The summed E-state index contributed by atoms with van der Waals surface area (Å²) >= 11 is 0. The second-order valence-electron chi connectivity index (χ2n) is 4.62. The second-order valence-corrected chi connectivity index (χ2v) is 4.62. The van der Waals surface area contributed by atoms with Gasteiger partial charge in [0.1, 0.15) is 0 Å². The molecule has 2 atom stereocenters. The Labute approximate surface area is 102 Å². The van der Waals surface area contributed by atoms with Crippen LogP contribution in [-0.4, -0.2) is 26.4 Å². The summed E-state index contributed by atoms with van der Waals surface area (Å²) < 4.78 is 10.7. The monoisotopic (exact) mass is 230 g/mol. The van der Waals surface area contributed by atoms with Crippen molar-refractivity contribution in [3.05, 3.63) is 0 Å². The molecule has 0 aromatic carbocycles. The van der Waals surface area contributed by atoms with E-state index < -0.39 is 0 Å². The van der Waals surface area contributed by atoms with Crippen LogP contribution < -0.4 is 0 Å². The number of methoxy groups -OCH3 is 2. The molecule has 0 aliphatic carbocycles. The molecular formula is C14H30O2. The minimum absolute atomic E-state index is 0.213. The van der Waals surface area contributed by atoms with E-state index in [0.29, 0.717) is 0 Å². The predicted molar refractivity (Wildman–Crippen MR) is 69.9 cm³/mol. The van der Waals surface area contributed by atoms with Crippen molar-refractivity contribution in [2.75, 3.05) is 14.2 Å². The Morgan fingerprint density at radius 1 is 0.812 bits per heavy atom. The molecular weight excluding hydrogens is 200 g/mol. The molecule has 98 valence electrons. The summed E-state index contributed by atoms with van der Waals surface area (Å²) in [7, 11) is 3.53. The Kier molecular flexibility index (Phi) is 11.3. The average Bonchev–Trinajstić information content (AvgIpc) is 2.32. The zero-order valence-corrected chi connectivity index (χ0v) is 11.6. The number of hydrogen-bond donors (Lipinski definition) is 0. The first-order valence-electron chi connectivity index (χ1n) is 6.81. The van der Waals surface area contributed by atoms with E-state index in [0.717, 1.165) is 6.42 Å². The van der Waals surface area contributed by atoms with Gasteiger partial charge < -0.3 is 9.47 Å². The van der Waals surface area contributed by atoms with Crippen LogP contribution in [0.3, 0.4) is 0 Å². The highest BCUT2D eigenvalue weighted by Gasteiger charge is 2.14. The molecule has 0 aromatic heterocycles. The molecule has 0 bridgehead atoms. The second kappa shape index (κ2) is 11.4. The summed E-state index contributed by atoms with van der Waals surface area (Å²) in [6.07, 6.45) is 11.1. The van der Waals surface area contributed by atoms with Gasteiger partial charge in [-0.2, -0.15) is 0 Å². The van der Waals surface area contributed by atoms with Crippen molar-refractivity contribution in [1.29, 1.82) is 0 Å². The van der Waals surface area contributed by atoms with E-state index >= 15 is 0 Å². The lowest BCUT2D eigenvalue weighted by molar-refractivity contribution is -0.0309. The van der Waals surface area contributed by atoms with Crippen LogP contribution in [0, 0.1) is 0 Å². The van der Waals surface area contributed by atoms with Gasteiger partial charge in [0, 0.05) is 14.2 Å². The van der Waals surface area contributed by atoms with E-state index in [-0.39, 0.29) is 12.2 Å². The highest BCUT2D eigenvalue weighted by Crippen LogP contribution is 2.13. The van der Waals surface area contributed by atoms with Crippen LogP contribution in [0.25, 0.3) is 0 Å². The third kappa shape index (κ3) is 8.12. The van der Waals surface area contributed by atoms with Gasteiger partial charge in [0.05, 0.1) is 12.2 Å². The van der Waals surface area contributed by atoms with Crippen molar-refractivity contribution in [3.63, 3.8) is 0 Å². The van der Waals surface area contributed by atoms with Gasteiger partial charge in [-0.1, -0.05) is 51.9 Å². The fourth-order valence-electron chi connectivity index (χ4n) is 2.00. The van der Waals surface area contributed by atoms with Crippen LogP contribution in [0.5, 0.6) is 0 Å². The molecule has 0 radical (unpaired) electrons. The summed E-state index contributed by atoms with van der Waals surface area (Å²) in [5.41, 5.74) is 0. The molecule has 0 N–H and O–H groups in total. The molecule has 0 aliphatic rings. The number of ether oxygens (including phenoxy) is 2. The number of hydrogen-bond acceptors (Lipinski definition) is 2. The molecule has 2 unspecified atom stereocenters. The Balaban J connectivity index is 3.34. The lowest BCUT2D eigenvalue weighted by atomic mass is 10.0. The Hall–Kier alpha value is -0.0800. The summed E-state index contributed by atoms with van der Waals surface area (Å²) in [5.74, 6) is 0. The molecule has 0 spiro atoms. The molecule has 0 fully saturated rings. The lowest BCUT2D eigenvalue weighted by Gasteiger charge is -2.21. The molecule has 0 amide bonds. The van der Waals surface area contributed by atoms with Crippen molar-refractivity contribution in [2.24, 2.45) is 0 Å². The van der Waals surface area contributed by atoms with E-state index in [1.807, 2.05) is 0 Å². The largest absolute Gasteiger partial charge is 0.379 e. The fourth-order valence-corrected chi connectivity index (χ4v) is 2.00. The first-order valence-corrected chi connectivity index (χ1v) is 6.81. The Morgan fingerprint density at radius 3 is 1.88 bits per heavy atom. The molecule has 0 aliphatic heterocycles. The van der Waals surface area contributed by atoms with E-state index in [4.69, 9.17) is 9.47 Å². The molecule has 0 aromatic rings. The fraction of sp³-hybridized carbons (Fsp3) is 1.00. The standard InChI is InChI=1S/C14H30O2/c1-5-6-7-8-9-10-11-12-14(16-4)13(2)15-3/h13-14H,5-12H2,1-4H3. The van der Waals surface area contributed by atoms with Gasteiger partial charge in [0.25, 0.3) is 0 Å². The van der Waals surface area contributed by atoms with Gasteiger partial charge in [-0.3, -0.25) is 0 Å². The summed E-state index contributed by atoms with van der Waals surface area (Å²) in [5, 5.41) is 0. The van der Waals surface area contributed by atoms with E-state index in [9.17, 15) is 0 Å². The predicted octanol–water partition coefficient (Wildman–Crippen LogP) is 4.18. The van der Waals surface area contributed by atoms with Crippen LogP contribution in [0.1, 0.15) is 65.2 Å². The Morgan fingerprint density at radius 2 is 1.38 bits per heavy atom. The van der Waals surface area contributed by atoms with Crippen LogP contribution in [0.4, 0.5) is 0 Å². The molecule has 16 heavy (non-hydrogen) atoms. The van der Waals surface area contributed by atoms with Gasteiger partial charge in [-0.15, -0.1) is 0 Å². The number of unbranched alkanes of at least 4 members (excludes halogenated alkanes) is 6. The third-order valence-electron chi connectivity index (χ3n) is 3.29. The Bertz CT molecular complexity index is 137. The maximum absolute atomic E-state index is 5.42. The van der Waals surface area contributed by atoms with E-state index in [2.05, 4.69) is 13.8 Å².